The minimum Gasteiger partial charge on any atom is -0.453 e. The largest absolute Gasteiger partial charge is 0.453 e. The number of piperidine rings is 1. The summed E-state index contributed by atoms with van der Waals surface area (Å²) in [4.78, 5) is 14.0. The van der Waals surface area contributed by atoms with Crippen LogP contribution in [0.5, 0.6) is 0 Å². The number of carbonyl (C=O) groups excluding carboxylic acids is 1. The van der Waals surface area contributed by atoms with E-state index in [2.05, 4.69) is 24.1 Å². The maximum Gasteiger partial charge on any atom is 0.407 e. The Morgan fingerprint density at radius 3 is 2.68 bits per heavy atom. The Kier molecular flexibility index (Phi) is 5.08. The lowest BCUT2D eigenvalue weighted by Crippen LogP contribution is -2.53. The number of amides is 1. The molecule has 3 atom stereocenters. The topological polar surface area (TPSA) is 41.6 Å². The second-order valence-corrected chi connectivity index (χ2v) is 6.32. The summed E-state index contributed by atoms with van der Waals surface area (Å²) in [7, 11) is 1.44. The second-order valence-electron chi connectivity index (χ2n) is 6.32. The van der Waals surface area contributed by atoms with Crippen LogP contribution >= 0.6 is 0 Å². The van der Waals surface area contributed by atoms with Crippen LogP contribution in [0.2, 0.25) is 0 Å². The Bertz CT molecular complexity index is 305. The van der Waals surface area contributed by atoms with Gasteiger partial charge < -0.3 is 10.1 Å². The van der Waals surface area contributed by atoms with Crippen LogP contribution in [0.1, 0.15) is 46.0 Å². The fourth-order valence-electron chi connectivity index (χ4n) is 3.18. The third-order valence-electron chi connectivity index (χ3n) is 4.65. The van der Waals surface area contributed by atoms with Gasteiger partial charge in [0, 0.05) is 25.2 Å². The van der Waals surface area contributed by atoms with Crippen molar-refractivity contribution in [3.8, 4) is 0 Å². The summed E-state index contributed by atoms with van der Waals surface area (Å²) >= 11 is 0. The van der Waals surface area contributed by atoms with Gasteiger partial charge in [-0.1, -0.05) is 19.8 Å². The molecule has 0 aromatic carbocycles. The highest BCUT2D eigenvalue weighted by atomic mass is 16.5. The summed E-state index contributed by atoms with van der Waals surface area (Å²) in [6.45, 7) is 6.68. The Morgan fingerprint density at radius 2 is 2.11 bits per heavy atom. The molecule has 110 valence electrons. The lowest BCUT2D eigenvalue weighted by Gasteiger charge is -2.41. The summed E-state index contributed by atoms with van der Waals surface area (Å²) < 4.78 is 4.74. The third kappa shape index (κ3) is 4.37. The van der Waals surface area contributed by atoms with E-state index in [0.717, 1.165) is 24.8 Å². The van der Waals surface area contributed by atoms with Crippen molar-refractivity contribution in [1.82, 2.24) is 10.2 Å². The predicted molar refractivity (Wildman–Crippen MR) is 76.1 cm³/mol. The van der Waals surface area contributed by atoms with Gasteiger partial charge in [0.1, 0.15) is 0 Å². The van der Waals surface area contributed by atoms with Crippen LogP contribution in [-0.2, 0) is 4.74 Å². The van der Waals surface area contributed by atoms with Crippen molar-refractivity contribution in [1.29, 1.82) is 0 Å². The van der Waals surface area contributed by atoms with Gasteiger partial charge in [-0.05, 0) is 38.0 Å². The van der Waals surface area contributed by atoms with Crippen molar-refractivity contribution in [2.24, 2.45) is 11.8 Å². The lowest BCUT2D eigenvalue weighted by molar-refractivity contribution is 0.0911. The van der Waals surface area contributed by atoms with E-state index < -0.39 is 0 Å². The smallest absolute Gasteiger partial charge is 0.407 e. The molecule has 4 nitrogen and oxygen atoms in total. The van der Waals surface area contributed by atoms with Crippen LogP contribution in [0.15, 0.2) is 0 Å². The molecule has 2 rings (SSSR count). The van der Waals surface area contributed by atoms with Crippen LogP contribution in [0.3, 0.4) is 0 Å². The number of hydrogen-bond donors (Lipinski definition) is 1. The molecule has 1 saturated heterocycles. The average molecular weight is 268 g/mol. The van der Waals surface area contributed by atoms with E-state index >= 15 is 0 Å². The number of methoxy groups -OCH3 is 1. The molecular formula is C15H28N2O2. The van der Waals surface area contributed by atoms with E-state index in [1.807, 2.05) is 0 Å². The highest BCUT2D eigenvalue weighted by Crippen LogP contribution is 2.38. The monoisotopic (exact) mass is 268 g/mol. The molecular weight excluding hydrogens is 240 g/mol. The molecule has 0 bridgehead atoms. The van der Waals surface area contributed by atoms with E-state index in [0.29, 0.717) is 6.04 Å². The first-order valence-electron chi connectivity index (χ1n) is 7.70. The Morgan fingerprint density at radius 1 is 1.37 bits per heavy atom. The molecule has 19 heavy (non-hydrogen) atoms. The Labute approximate surface area is 116 Å². The number of hydrogen-bond acceptors (Lipinski definition) is 3. The maximum absolute atomic E-state index is 11.4. The molecule has 0 aromatic heterocycles. The number of ether oxygens (including phenoxy) is 1. The summed E-state index contributed by atoms with van der Waals surface area (Å²) in [6, 6.07) is 0.850. The van der Waals surface area contributed by atoms with Crippen molar-refractivity contribution < 1.29 is 9.53 Å². The van der Waals surface area contributed by atoms with Crippen molar-refractivity contribution in [3.63, 3.8) is 0 Å². The standard InChI is InChI=1S/C15H28N2O2/c1-4-11(2)17-9-13(7-12-5-6-12)8-14(10-17)16-15(18)19-3/h11-14H,4-10H2,1-3H3,(H,16,18). The first kappa shape index (κ1) is 14.6. The van der Waals surface area contributed by atoms with E-state index in [1.54, 1.807) is 0 Å². The van der Waals surface area contributed by atoms with Gasteiger partial charge >= 0.3 is 6.09 Å². The average Bonchev–Trinajstić information content (AvgIpc) is 3.21. The van der Waals surface area contributed by atoms with Crippen LogP contribution in [0.4, 0.5) is 4.79 Å². The lowest BCUT2D eigenvalue weighted by atomic mass is 9.89. The number of alkyl carbamates (subject to hydrolysis) is 1. The van der Waals surface area contributed by atoms with E-state index in [1.165, 1.54) is 39.3 Å². The molecule has 0 spiro atoms. The third-order valence-corrected chi connectivity index (χ3v) is 4.65. The zero-order valence-electron chi connectivity index (χ0n) is 12.5. The number of nitrogens with zero attached hydrogens (tertiary/aromatic N) is 1. The molecule has 0 aromatic rings. The molecule has 1 aliphatic carbocycles. The summed E-state index contributed by atoms with van der Waals surface area (Å²) in [5.41, 5.74) is 0. The molecule has 1 amide bonds. The molecule has 2 aliphatic rings. The van der Waals surface area contributed by atoms with Crippen molar-refractivity contribution in [2.75, 3.05) is 20.2 Å². The van der Waals surface area contributed by atoms with Gasteiger partial charge in [-0.3, -0.25) is 4.90 Å². The SMILES string of the molecule is CCC(C)N1CC(CC2CC2)CC(NC(=O)OC)C1. The van der Waals surface area contributed by atoms with E-state index in [4.69, 9.17) is 4.74 Å². The van der Waals surface area contributed by atoms with Gasteiger partial charge in [0.25, 0.3) is 0 Å². The molecule has 4 heteroatoms. The van der Waals surface area contributed by atoms with Gasteiger partial charge in [-0.15, -0.1) is 0 Å². The molecule has 1 saturated carbocycles. The van der Waals surface area contributed by atoms with Crippen molar-refractivity contribution in [2.45, 2.75) is 58.0 Å². The number of nitrogens with one attached hydrogen (secondary N) is 1. The number of rotatable bonds is 5. The van der Waals surface area contributed by atoms with Crippen LogP contribution in [0.25, 0.3) is 0 Å². The summed E-state index contributed by atoms with van der Waals surface area (Å²) in [5, 5.41) is 3.00. The van der Waals surface area contributed by atoms with Gasteiger partial charge in [0.05, 0.1) is 7.11 Å². The minimum absolute atomic E-state index is 0.249. The molecule has 1 heterocycles. The van der Waals surface area contributed by atoms with Crippen molar-refractivity contribution >= 4 is 6.09 Å². The van der Waals surface area contributed by atoms with Crippen LogP contribution in [-0.4, -0.2) is 43.3 Å². The van der Waals surface area contributed by atoms with Gasteiger partial charge in [0.15, 0.2) is 0 Å². The van der Waals surface area contributed by atoms with Gasteiger partial charge in [-0.25, -0.2) is 4.79 Å². The zero-order valence-corrected chi connectivity index (χ0v) is 12.5. The van der Waals surface area contributed by atoms with Crippen LogP contribution < -0.4 is 5.32 Å². The second kappa shape index (κ2) is 6.60. The Balaban J connectivity index is 1.91. The molecule has 2 fully saturated rings. The number of carbonyl (C=O) groups is 1. The fourth-order valence-corrected chi connectivity index (χ4v) is 3.18. The van der Waals surface area contributed by atoms with Crippen LogP contribution in [0, 0.1) is 11.8 Å². The predicted octanol–water partition coefficient (Wildman–Crippen LogP) is 2.63. The molecule has 1 N–H and O–H groups in total. The van der Waals surface area contributed by atoms with E-state index in [-0.39, 0.29) is 12.1 Å². The highest BCUT2D eigenvalue weighted by Gasteiger charge is 2.33. The minimum atomic E-state index is -0.291. The zero-order chi connectivity index (χ0) is 13.8. The first-order valence-corrected chi connectivity index (χ1v) is 7.70. The Hall–Kier alpha value is -0.770. The maximum atomic E-state index is 11.4. The molecule has 0 radical (unpaired) electrons. The van der Waals surface area contributed by atoms with E-state index in [9.17, 15) is 4.79 Å². The summed E-state index contributed by atoms with van der Waals surface area (Å²) in [6.07, 6.45) is 6.15. The molecule has 1 aliphatic heterocycles. The highest BCUT2D eigenvalue weighted by molar-refractivity contribution is 5.67. The summed E-state index contributed by atoms with van der Waals surface area (Å²) in [5.74, 6) is 1.69. The number of likely N-dealkylation sites (tertiary alicyclic amines) is 1. The normalized spacial score (nSPS) is 29.8. The van der Waals surface area contributed by atoms with Gasteiger partial charge in [0.2, 0.25) is 0 Å². The van der Waals surface area contributed by atoms with Gasteiger partial charge in [-0.2, -0.15) is 0 Å². The quantitative estimate of drug-likeness (QED) is 0.833. The fraction of sp³-hybridized carbons (Fsp3) is 0.933. The molecule has 3 unspecified atom stereocenters. The first-order chi connectivity index (χ1) is 9.12. The van der Waals surface area contributed by atoms with Crippen molar-refractivity contribution in [3.05, 3.63) is 0 Å².